The first-order chi connectivity index (χ1) is 14.7. The van der Waals surface area contributed by atoms with E-state index < -0.39 is 0 Å². The molecule has 1 amide bonds. The smallest absolute Gasteiger partial charge is 0.287 e. The maximum atomic E-state index is 11.9. The van der Waals surface area contributed by atoms with Crippen LogP contribution in [0.4, 0.5) is 0 Å². The van der Waals surface area contributed by atoms with Gasteiger partial charge in [0.2, 0.25) is 5.88 Å². The van der Waals surface area contributed by atoms with Gasteiger partial charge in [-0.05, 0) is 36.4 Å². The Kier molecular flexibility index (Phi) is 5.46. The number of carbonyl (C=O) groups excluding carboxylic acids is 1. The molecule has 0 fully saturated rings. The minimum absolute atomic E-state index is 0.227. The summed E-state index contributed by atoms with van der Waals surface area (Å²) in [6, 6.07) is 12.1. The monoisotopic (exact) mass is 409 g/mol. The van der Waals surface area contributed by atoms with Crippen molar-refractivity contribution in [3.8, 4) is 28.8 Å². The minimum atomic E-state index is -0.307. The average molecular weight is 409 g/mol. The highest BCUT2D eigenvalue weighted by Gasteiger charge is 2.16. The lowest BCUT2D eigenvalue weighted by molar-refractivity contribution is 0.0919. The fourth-order valence-corrected chi connectivity index (χ4v) is 2.82. The minimum Gasteiger partial charge on any atom is -0.497 e. The summed E-state index contributed by atoms with van der Waals surface area (Å²) in [5.74, 6) is 2.05. The normalized spacial score (nSPS) is 10.7. The van der Waals surface area contributed by atoms with Gasteiger partial charge in [-0.1, -0.05) is 0 Å². The summed E-state index contributed by atoms with van der Waals surface area (Å²) >= 11 is 0. The summed E-state index contributed by atoms with van der Waals surface area (Å²) in [6.07, 6.45) is 1.44. The number of hydrogen-bond donors (Lipinski definition) is 1. The van der Waals surface area contributed by atoms with E-state index >= 15 is 0 Å². The zero-order valence-electron chi connectivity index (χ0n) is 16.4. The molecule has 1 aromatic carbocycles. The Balaban J connectivity index is 1.50. The molecule has 0 saturated carbocycles. The van der Waals surface area contributed by atoms with Gasteiger partial charge < -0.3 is 23.9 Å². The van der Waals surface area contributed by atoms with Crippen molar-refractivity contribution in [2.24, 2.45) is 0 Å². The van der Waals surface area contributed by atoms with Crippen LogP contribution >= 0.6 is 0 Å². The molecular weight excluding hydrogens is 390 g/mol. The maximum absolute atomic E-state index is 11.9. The number of fused-ring (bicyclic) bond motifs is 1. The van der Waals surface area contributed by atoms with E-state index in [2.05, 4.69) is 20.6 Å². The van der Waals surface area contributed by atoms with Crippen LogP contribution in [0.2, 0.25) is 0 Å². The molecule has 3 heterocycles. The zero-order chi connectivity index (χ0) is 20.9. The first-order valence-electron chi connectivity index (χ1n) is 9.09. The molecule has 154 valence electrons. The van der Waals surface area contributed by atoms with Gasteiger partial charge >= 0.3 is 0 Å². The van der Waals surface area contributed by atoms with Crippen molar-refractivity contribution in [3.63, 3.8) is 0 Å². The molecule has 0 aliphatic rings. The first kappa shape index (κ1) is 19.2. The number of ether oxygens (including phenoxy) is 3. The van der Waals surface area contributed by atoms with Crippen LogP contribution < -0.4 is 19.5 Å². The molecule has 4 rings (SSSR count). The third-order valence-electron chi connectivity index (χ3n) is 4.27. The lowest BCUT2D eigenvalue weighted by Crippen LogP contribution is -2.27. The number of aromatic nitrogens is 4. The summed E-state index contributed by atoms with van der Waals surface area (Å²) in [5.41, 5.74) is 1.23. The van der Waals surface area contributed by atoms with E-state index in [-0.39, 0.29) is 24.8 Å². The van der Waals surface area contributed by atoms with Crippen molar-refractivity contribution in [3.05, 3.63) is 54.5 Å². The molecule has 4 aromatic rings. The maximum Gasteiger partial charge on any atom is 0.287 e. The second-order valence-electron chi connectivity index (χ2n) is 6.11. The van der Waals surface area contributed by atoms with Gasteiger partial charge in [-0.2, -0.15) is 4.52 Å². The Morgan fingerprint density at radius 2 is 2.03 bits per heavy atom. The summed E-state index contributed by atoms with van der Waals surface area (Å²) < 4.78 is 23.0. The van der Waals surface area contributed by atoms with E-state index in [1.807, 2.05) is 0 Å². The fraction of sp³-hybridized carbons (Fsp3) is 0.200. The van der Waals surface area contributed by atoms with Crippen molar-refractivity contribution in [1.82, 2.24) is 25.1 Å². The average Bonchev–Trinajstić information content (AvgIpc) is 3.46. The number of benzene rings is 1. The molecule has 0 unspecified atom stereocenters. The number of amides is 1. The summed E-state index contributed by atoms with van der Waals surface area (Å²) in [4.78, 5) is 11.9. The molecule has 3 aromatic heterocycles. The number of rotatable bonds is 8. The molecule has 0 spiro atoms. The highest BCUT2D eigenvalue weighted by Crippen LogP contribution is 2.32. The molecule has 1 N–H and O–H groups in total. The van der Waals surface area contributed by atoms with Gasteiger partial charge in [0.1, 0.15) is 18.1 Å². The fourth-order valence-electron chi connectivity index (χ4n) is 2.82. The van der Waals surface area contributed by atoms with Crippen molar-refractivity contribution >= 4 is 11.6 Å². The van der Waals surface area contributed by atoms with Crippen molar-refractivity contribution in [2.45, 2.75) is 0 Å². The molecule has 0 atom stereocenters. The molecular formula is C20H19N5O5. The van der Waals surface area contributed by atoms with Crippen LogP contribution in [0.5, 0.6) is 17.4 Å². The standard InChI is InChI=1S/C20H19N5O5/c1-27-13-5-6-15(28-2)14(12-13)19-23-22-17-7-8-18(24-25(17)19)30-11-9-21-20(26)16-4-3-10-29-16/h3-8,10,12H,9,11H2,1-2H3,(H,21,26). The van der Waals surface area contributed by atoms with Crippen LogP contribution in [0.25, 0.3) is 17.0 Å². The van der Waals surface area contributed by atoms with Gasteiger partial charge in [-0.3, -0.25) is 4.79 Å². The van der Waals surface area contributed by atoms with Crippen molar-refractivity contribution < 1.29 is 23.4 Å². The summed E-state index contributed by atoms with van der Waals surface area (Å²) in [5, 5.41) is 15.5. The number of furan rings is 1. The second kappa shape index (κ2) is 8.52. The topological polar surface area (TPSA) is 113 Å². The predicted molar refractivity (Wildman–Crippen MR) is 106 cm³/mol. The molecule has 10 heteroatoms. The summed E-state index contributed by atoms with van der Waals surface area (Å²) in [6.45, 7) is 0.517. The van der Waals surface area contributed by atoms with Crippen molar-refractivity contribution in [2.75, 3.05) is 27.4 Å². The first-order valence-corrected chi connectivity index (χ1v) is 9.09. The SMILES string of the molecule is COc1ccc(OC)c(-c2nnc3ccc(OCCNC(=O)c4ccco4)nn23)c1. The van der Waals surface area contributed by atoms with E-state index in [1.54, 1.807) is 61.2 Å². The molecule has 30 heavy (non-hydrogen) atoms. The van der Waals surface area contributed by atoms with Gasteiger partial charge in [0, 0.05) is 6.07 Å². The molecule has 10 nitrogen and oxygen atoms in total. The number of carbonyl (C=O) groups is 1. The van der Waals surface area contributed by atoms with Crippen LogP contribution in [0.1, 0.15) is 10.6 Å². The number of nitrogens with zero attached hydrogens (tertiary/aromatic N) is 4. The lowest BCUT2D eigenvalue weighted by atomic mass is 10.2. The Labute approximate surface area is 171 Å². The lowest BCUT2D eigenvalue weighted by Gasteiger charge is -2.10. The quantitative estimate of drug-likeness (QED) is 0.441. The van der Waals surface area contributed by atoms with Crippen LogP contribution in [0, 0.1) is 0 Å². The van der Waals surface area contributed by atoms with E-state index in [4.69, 9.17) is 18.6 Å². The second-order valence-corrected chi connectivity index (χ2v) is 6.11. The Morgan fingerprint density at radius 3 is 2.80 bits per heavy atom. The van der Waals surface area contributed by atoms with Crippen LogP contribution in [-0.2, 0) is 0 Å². The largest absolute Gasteiger partial charge is 0.497 e. The van der Waals surface area contributed by atoms with Gasteiger partial charge in [0.15, 0.2) is 17.2 Å². The number of hydrogen-bond acceptors (Lipinski definition) is 8. The van der Waals surface area contributed by atoms with Gasteiger partial charge in [-0.25, -0.2) is 0 Å². The molecule has 0 aliphatic carbocycles. The van der Waals surface area contributed by atoms with Gasteiger partial charge in [0.25, 0.3) is 5.91 Å². The Bertz CT molecular complexity index is 1160. The number of methoxy groups -OCH3 is 2. The van der Waals surface area contributed by atoms with Gasteiger partial charge in [0.05, 0.1) is 32.6 Å². The van der Waals surface area contributed by atoms with E-state index in [9.17, 15) is 4.79 Å². The Morgan fingerprint density at radius 1 is 1.13 bits per heavy atom. The highest BCUT2D eigenvalue weighted by atomic mass is 16.5. The third-order valence-corrected chi connectivity index (χ3v) is 4.27. The molecule has 0 bridgehead atoms. The van der Waals surface area contributed by atoms with Crippen LogP contribution in [0.15, 0.2) is 53.1 Å². The molecule has 0 saturated heterocycles. The van der Waals surface area contributed by atoms with E-state index in [0.29, 0.717) is 34.4 Å². The summed E-state index contributed by atoms with van der Waals surface area (Å²) in [7, 11) is 3.16. The van der Waals surface area contributed by atoms with E-state index in [0.717, 1.165) is 0 Å². The van der Waals surface area contributed by atoms with Crippen LogP contribution in [-0.4, -0.2) is 53.1 Å². The predicted octanol–water partition coefficient (Wildman–Crippen LogP) is 2.21. The zero-order valence-corrected chi connectivity index (χ0v) is 16.4. The molecule has 0 aliphatic heterocycles. The Hall–Kier alpha value is -4.08. The third kappa shape index (κ3) is 3.88. The van der Waals surface area contributed by atoms with E-state index in [1.165, 1.54) is 6.26 Å². The van der Waals surface area contributed by atoms with Crippen molar-refractivity contribution in [1.29, 1.82) is 0 Å². The van der Waals surface area contributed by atoms with Crippen LogP contribution in [0.3, 0.4) is 0 Å². The molecule has 0 radical (unpaired) electrons. The van der Waals surface area contributed by atoms with Gasteiger partial charge in [-0.15, -0.1) is 15.3 Å². The highest BCUT2D eigenvalue weighted by molar-refractivity contribution is 5.91. The number of nitrogens with one attached hydrogen (secondary N) is 1.